The number of halogens is 3. The first-order valence-corrected chi connectivity index (χ1v) is 11.9. The van der Waals surface area contributed by atoms with Crippen molar-refractivity contribution >= 4 is 52.5 Å². The molecule has 30 heavy (non-hydrogen) atoms. The average molecular weight is 493 g/mol. The van der Waals surface area contributed by atoms with Gasteiger partial charge in [0.25, 0.3) is 0 Å². The third kappa shape index (κ3) is 7.43. The second-order valence-corrected chi connectivity index (χ2v) is 8.64. The largest absolute Gasteiger partial charge is 0.490 e. The lowest BCUT2D eigenvalue weighted by Crippen LogP contribution is -2.36. The van der Waals surface area contributed by atoms with E-state index in [0.717, 1.165) is 16.9 Å². The quantitative estimate of drug-likeness (QED) is 0.383. The maximum Gasteiger partial charge on any atom is 0.320 e. The summed E-state index contributed by atoms with van der Waals surface area (Å²) in [6, 6.07) is 7.99. The summed E-state index contributed by atoms with van der Waals surface area (Å²) in [5.41, 5.74) is 1.51. The summed E-state index contributed by atoms with van der Waals surface area (Å²) < 4.78 is 11.6. The summed E-state index contributed by atoms with van der Waals surface area (Å²) in [6.45, 7) is 2.83. The Morgan fingerprint density at radius 1 is 1.10 bits per heavy atom. The lowest BCUT2D eigenvalue weighted by molar-refractivity contribution is -0.139. The molecule has 0 radical (unpaired) electrons. The molecule has 164 valence electrons. The fraction of sp³-hybridized carbons (Fsp3) is 0.381. The third-order valence-electron chi connectivity index (χ3n) is 4.26. The molecule has 0 aromatic heterocycles. The highest BCUT2D eigenvalue weighted by Crippen LogP contribution is 2.35. The minimum Gasteiger partial charge on any atom is -0.490 e. The number of hydrogen-bond donors (Lipinski definition) is 2. The maximum atomic E-state index is 11.4. The number of hydrogen-bond acceptors (Lipinski definition) is 5. The van der Waals surface area contributed by atoms with Crippen LogP contribution in [-0.2, 0) is 17.9 Å². The van der Waals surface area contributed by atoms with Gasteiger partial charge in [-0.25, -0.2) is 0 Å². The molecule has 0 saturated carbocycles. The molecule has 9 heteroatoms. The minimum absolute atomic E-state index is 0.222. The Morgan fingerprint density at radius 2 is 1.80 bits per heavy atom. The molecule has 2 rings (SSSR count). The van der Waals surface area contributed by atoms with Crippen LogP contribution in [-0.4, -0.2) is 35.7 Å². The first kappa shape index (κ1) is 25.0. The number of carboxylic acids is 1. The summed E-state index contributed by atoms with van der Waals surface area (Å²) in [5.74, 6) is 0.876. The number of thioether (sulfide) groups is 1. The van der Waals surface area contributed by atoms with Gasteiger partial charge in [0.1, 0.15) is 12.6 Å². The zero-order valence-corrected chi connectivity index (χ0v) is 19.8. The summed E-state index contributed by atoms with van der Waals surface area (Å²) >= 11 is 20.2. The van der Waals surface area contributed by atoms with E-state index in [1.807, 2.05) is 13.2 Å². The van der Waals surface area contributed by atoms with Crippen molar-refractivity contribution in [3.8, 4) is 11.5 Å². The van der Waals surface area contributed by atoms with E-state index in [9.17, 15) is 9.90 Å². The summed E-state index contributed by atoms with van der Waals surface area (Å²) in [4.78, 5) is 11.4. The molecule has 5 nitrogen and oxygen atoms in total. The van der Waals surface area contributed by atoms with Gasteiger partial charge in [0, 0.05) is 33.2 Å². The Balaban J connectivity index is 2.14. The maximum absolute atomic E-state index is 11.4. The van der Waals surface area contributed by atoms with Gasteiger partial charge in [-0.05, 0) is 49.1 Å². The van der Waals surface area contributed by atoms with Crippen molar-refractivity contribution in [2.24, 2.45) is 0 Å². The molecule has 0 aliphatic carbocycles. The van der Waals surface area contributed by atoms with Crippen LogP contribution < -0.4 is 14.8 Å². The smallest absolute Gasteiger partial charge is 0.320 e. The molecule has 0 saturated heterocycles. The molecule has 0 spiro atoms. The fourth-order valence-electron chi connectivity index (χ4n) is 2.67. The van der Waals surface area contributed by atoms with Crippen molar-refractivity contribution in [2.75, 3.05) is 18.6 Å². The van der Waals surface area contributed by atoms with Crippen LogP contribution in [0.15, 0.2) is 30.3 Å². The van der Waals surface area contributed by atoms with E-state index in [0.29, 0.717) is 46.1 Å². The van der Waals surface area contributed by atoms with Crippen LogP contribution >= 0.6 is 46.6 Å². The van der Waals surface area contributed by atoms with E-state index in [-0.39, 0.29) is 6.61 Å². The molecular formula is C21H24Cl3NO4S. The normalized spacial score (nSPS) is 11.9. The van der Waals surface area contributed by atoms with Gasteiger partial charge < -0.3 is 19.9 Å². The lowest BCUT2D eigenvalue weighted by atomic mass is 10.1. The van der Waals surface area contributed by atoms with Gasteiger partial charge in [0.05, 0.1) is 6.61 Å². The van der Waals surface area contributed by atoms with Crippen molar-refractivity contribution < 1.29 is 19.4 Å². The summed E-state index contributed by atoms with van der Waals surface area (Å²) in [5, 5.41) is 13.9. The number of carboxylic acid groups (broad SMARTS) is 1. The highest BCUT2D eigenvalue weighted by Gasteiger charge is 2.18. The van der Waals surface area contributed by atoms with Gasteiger partial charge in [-0.3, -0.25) is 4.79 Å². The van der Waals surface area contributed by atoms with Crippen molar-refractivity contribution in [3.05, 3.63) is 56.5 Å². The number of rotatable bonds is 12. The van der Waals surface area contributed by atoms with Crippen molar-refractivity contribution in [2.45, 2.75) is 32.5 Å². The van der Waals surface area contributed by atoms with Crippen LogP contribution in [0.4, 0.5) is 0 Å². The van der Waals surface area contributed by atoms with E-state index in [1.165, 1.54) is 0 Å². The van der Waals surface area contributed by atoms with E-state index >= 15 is 0 Å². The number of aliphatic carboxylic acids is 1. The molecular weight excluding hydrogens is 469 g/mol. The Labute approximate surface area is 196 Å². The topological polar surface area (TPSA) is 67.8 Å². The summed E-state index contributed by atoms with van der Waals surface area (Å²) in [6.07, 6.45) is 2.47. The number of nitrogens with one attached hydrogen (secondary N) is 1. The van der Waals surface area contributed by atoms with E-state index < -0.39 is 12.0 Å². The van der Waals surface area contributed by atoms with E-state index in [4.69, 9.17) is 44.3 Å². The monoisotopic (exact) mass is 491 g/mol. The van der Waals surface area contributed by atoms with Crippen LogP contribution in [0.2, 0.25) is 15.1 Å². The number of ether oxygens (including phenoxy) is 2. The van der Waals surface area contributed by atoms with Crippen molar-refractivity contribution in [3.63, 3.8) is 0 Å². The first-order chi connectivity index (χ1) is 14.3. The zero-order chi connectivity index (χ0) is 22.1. The fourth-order valence-corrected chi connectivity index (χ4v) is 3.82. The van der Waals surface area contributed by atoms with Crippen LogP contribution in [0, 0.1) is 0 Å². The predicted octanol–water partition coefficient (Wildman–Crippen LogP) is 5.92. The van der Waals surface area contributed by atoms with Gasteiger partial charge in [-0.2, -0.15) is 11.8 Å². The Bertz CT molecular complexity index is 866. The molecule has 0 bridgehead atoms. The molecule has 0 fully saturated rings. The summed E-state index contributed by atoms with van der Waals surface area (Å²) in [7, 11) is 0. The van der Waals surface area contributed by atoms with E-state index in [1.54, 1.807) is 42.1 Å². The molecule has 0 amide bonds. The lowest BCUT2D eigenvalue weighted by Gasteiger charge is -2.18. The standard InChI is InChI=1S/C21H24Cl3NO4S/c1-3-28-19-8-14(11-25-18(21(26)27)6-7-30-2)17(24)10-20(19)29-12-13-4-5-15(22)9-16(13)23/h4-5,8-10,18,25H,3,6-7,11-12H2,1-2H3,(H,26,27). The highest BCUT2D eigenvalue weighted by atomic mass is 35.5. The predicted molar refractivity (Wildman–Crippen MR) is 125 cm³/mol. The molecule has 1 unspecified atom stereocenters. The Kier molecular flexibility index (Phi) is 10.4. The van der Waals surface area contributed by atoms with Crippen LogP contribution in [0.25, 0.3) is 0 Å². The van der Waals surface area contributed by atoms with Crippen LogP contribution in [0.3, 0.4) is 0 Å². The van der Waals surface area contributed by atoms with Crippen LogP contribution in [0.1, 0.15) is 24.5 Å². The first-order valence-electron chi connectivity index (χ1n) is 9.32. The molecule has 0 heterocycles. The molecule has 0 aliphatic heterocycles. The van der Waals surface area contributed by atoms with Crippen molar-refractivity contribution in [1.29, 1.82) is 0 Å². The second kappa shape index (κ2) is 12.5. The molecule has 2 N–H and O–H groups in total. The molecule has 2 aromatic rings. The number of carbonyl (C=O) groups is 1. The zero-order valence-electron chi connectivity index (χ0n) is 16.7. The van der Waals surface area contributed by atoms with Crippen LogP contribution in [0.5, 0.6) is 11.5 Å². The molecule has 1 atom stereocenters. The van der Waals surface area contributed by atoms with Gasteiger partial charge >= 0.3 is 5.97 Å². The minimum atomic E-state index is -0.884. The number of benzene rings is 2. The van der Waals surface area contributed by atoms with Gasteiger partial charge in [-0.1, -0.05) is 40.9 Å². The molecule has 0 aliphatic rings. The Hall–Kier alpha value is -1.31. The van der Waals surface area contributed by atoms with Gasteiger partial charge in [0.15, 0.2) is 11.5 Å². The second-order valence-electron chi connectivity index (χ2n) is 6.40. The molecule has 2 aromatic carbocycles. The highest BCUT2D eigenvalue weighted by molar-refractivity contribution is 7.98. The SMILES string of the molecule is CCOc1cc(CNC(CCSC)C(=O)O)c(Cl)cc1OCc1ccc(Cl)cc1Cl. The average Bonchev–Trinajstić information content (AvgIpc) is 2.69. The van der Waals surface area contributed by atoms with Gasteiger partial charge in [-0.15, -0.1) is 0 Å². The Morgan fingerprint density at radius 3 is 2.43 bits per heavy atom. The van der Waals surface area contributed by atoms with Crippen molar-refractivity contribution in [1.82, 2.24) is 5.32 Å². The van der Waals surface area contributed by atoms with Gasteiger partial charge in [0.2, 0.25) is 0 Å². The van der Waals surface area contributed by atoms with E-state index in [2.05, 4.69) is 5.32 Å². The third-order valence-corrected chi connectivity index (χ3v) is 5.84.